The summed E-state index contributed by atoms with van der Waals surface area (Å²) in [5.41, 5.74) is 2.88. The Balaban J connectivity index is 2.07. The molecule has 0 aliphatic carbocycles. The minimum Gasteiger partial charge on any atom is -0.324 e. The van der Waals surface area contributed by atoms with Gasteiger partial charge in [0.1, 0.15) is 6.04 Å². The summed E-state index contributed by atoms with van der Waals surface area (Å²) >= 11 is 1.86. The van der Waals surface area contributed by atoms with Crippen LogP contribution in [0.2, 0.25) is 0 Å². The molecule has 6 heteroatoms. The summed E-state index contributed by atoms with van der Waals surface area (Å²) in [6.07, 6.45) is 3.55. The van der Waals surface area contributed by atoms with E-state index in [4.69, 9.17) is 0 Å². The van der Waals surface area contributed by atoms with E-state index in [0.717, 1.165) is 22.8 Å². The van der Waals surface area contributed by atoms with Crippen LogP contribution in [0.3, 0.4) is 0 Å². The smallest absolute Gasteiger partial charge is 0.246 e. The molecule has 0 saturated heterocycles. The van der Waals surface area contributed by atoms with E-state index in [1.807, 2.05) is 43.2 Å². The maximum atomic E-state index is 12.5. The van der Waals surface area contributed by atoms with Crippen LogP contribution >= 0.6 is 11.8 Å². The number of carbonyl (C=O) groups is 1. The van der Waals surface area contributed by atoms with E-state index < -0.39 is 6.04 Å². The van der Waals surface area contributed by atoms with E-state index in [9.17, 15) is 4.79 Å². The highest BCUT2D eigenvalue weighted by Crippen LogP contribution is 2.18. The normalized spacial score (nSPS) is 12.1. The van der Waals surface area contributed by atoms with Gasteiger partial charge in [-0.1, -0.05) is 19.1 Å². The summed E-state index contributed by atoms with van der Waals surface area (Å²) in [4.78, 5) is 12.5. The second-order valence-corrected chi connectivity index (χ2v) is 6.27. The molecule has 1 amide bonds. The molecule has 0 spiro atoms. The topological polar surface area (TPSA) is 59.0 Å². The van der Waals surface area contributed by atoms with Crippen molar-refractivity contribution in [2.45, 2.75) is 18.7 Å². The molecule has 5 nitrogen and oxygen atoms in total. The summed E-state index contributed by atoms with van der Waals surface area (Å²) < 4.78 is 1.69. The Kier molecular flexibility index (Phi) is 6.03. The van der Waals surface area contributed by atoms with Crippen molar-refractivity contribution >= 4 is 23.4 Å². The number of benzene rings is 1. The minimum atomic E-state index is -0.414. The van der Waals surface area contributed by atoms with Crippen LogP contribution < -0.4 is 10.6 Å². The molecule has 0 saturated carbocycles. The average molecular weight is 318 g/mol. The third-order valence-electron chi connectivity index (χ3n) is 3.28. The molecule has 2 aromatic rings. The Morgan fingerprint density at radius 3 is 2.91 bits per heavy atom. The van der Waals surface area contributed by atoms with Crippen molar-refractivity contribution in [2.24, 2.45) is 7.05 Å². The first-order chi connectivity index (χ1) is 10.6. The summed E-state index contributed by atoms with van der Waals surface area (Å²) in [5.74, 6) is 1.95. The number of anilines is 1. The molecule has 0 fully saturated rings. The van der Waals surface area contributed by atoms with Crippen LogP contribution in [0.5, 0.6) is 0 Å². The minimum absolute atomic E-state index is 0.0872. The maximum absolute atomic E-state index is 12.5. The van der Waals surface area contributed by atoms with Crippen LogP contribution in [0.25, 0.3) is 0 Å². The molecule has 0 aliphatic rings. The van der Waals surface area contributed by atoms with E-state index in [1.165, 1.54) is 5.56 Å². The Hall–Kier alpha value is -1.79. The van der Waals surface area contributed by atoms with Crippen LogP contribution in [0.4, 0.5) is 5.69 Å². The van der Waals surface area contributed by atoms with Crippen LogP contribution in [-0.4, -0.2) is 28.5 Å². The Bertz CT molecular complexity index is 626. The molecule has 1 aromatic carbocycles. The number of likely N-dealkylation sites (N-methyl/N-ethyl adjacent to an activating group) is 1. The second kappa shape index (κ2) is 8.00. The highest BCUT2D eigenvalue weighted by Gasteiger charge is 2.20. The van der Waals surface area contributed by atoms with Gasteiger partial charge in [-0.15, -0.1) is 0 Å². The van der Waals surface area contributed by atoms with Crippen molar-refractivity contribution in [2.75, 3.05) is 18.1 Å². The zero-order valence-electron chi connectivity index (χ0n) is 13.2. The van der Waals surface area contributed by atoms with Crippen molar-refractivity contribution in [1.29, 1.82) is 0 Å². The summed E-state index contributed by atoms with van der Waals surface area (Å²) in [6.45, 7) is 2.14. The fourth-order valence-corrected chi connectivity index (χ4v) is 2.83. The predicted octanol–water partition coefficient (Wildman–Crippen LogP) is 2.57. The van der Waals surface area contributed by atoms with Crippen molar-refractivity contribution in [3.8, 4) is 0 Å². The van der Waals surface area contributed by atoms with E-state index in [1.54, 1.807) is 17.9 Å². The number of hydrogen-bond donors (Lipinski definition) is 2. The number of nitrogens with zero attached hydrogens (tertiary/aromatic N) is 2. The largest absolute Gasteiger partial charge is 0.324 e. The predicted molar refractivity (Wildman–Crippen MR) is 91.9 cm³/mol. The van der Waals surface area contributed by atoms with E-state index in [-0.39, 0.29) is 5.91 Å². The molecule has 1 atom stereocenters. The maximum Gasteiger partial charge on any atom is 0.246 e. The molecule has 0 aliphatic heterocycles. The van der Waals surface area contributed by atoms with Gasteiger partial charge in [-0.25, -0.2) is 0 Å². The summed E-state index contributed by atoms with van der Waals surface area (Å²) in [7, 11) is 3.61. The molecule has 1 aromatic heterocycles. The van der Waals surface area contributed by atoms with Gasteiger partial charge in [0.05, 0.1) is 6.20 Å². The van der Waals surface area contributed by atoms with Gasteiger partial charge >= 0.3 is 0 Å². The van der Waals surface area contributed by atoms with Gasteiger partial charge in [0.2, 0.25) is 5.91 Å². The molecule has 0 bridgehead atoms. The van der Waals surface area contributed by atoms with Crippen LogP contribution in [-0.2, 0) is 17.6 Å². The van der Waals surface area contributed by atoms with Gasteiger partial charge in [0, 0.05) is 30.2 Å². The number of thioether (sulfide) groups is 1. The Morgan fingerprint density at radius 2 is 2.27 bits per heavy atom. The van der Waals surface area contributed by atoms with Gasteiger partial charge < -0.3 is 10.6 Å². The molecule has 2 N–H and O–H groups in total. The number of nitrogens with one attached hydrogen (secondary N) is 2. The van der Waals surface area contributed by atoms with Crippen LogP contribution in [0.1, 0.15) is 24.1 Å². The zero-order valence-corrected chi connectivity index (χ0v) is 14.0. The fourth-order valence-electron chi connectivity index (χ4n) is 2.21. The lowest BCUT2D eigenvalue weighted by Crippen LogP contribution is -2.30. The number of aromatic nitrogens is 2. The Morgan fingerprint density at radius 1 is 1.45 bits per heavy atom. The number of rotatable bonds is 7. The van der Waals surface area contributed by atoms with E-state index in [2.05, 4.69) is 28.7 Å². The summed E-state index contributed by atoms with van der Waals surface area (Å²) in [6, 6.07) is 7.57. The Labute approximate surface area is 135 Å². The lowest BCUT2D eigenvalue weighted by atomic mass is 10.1. The molecule has 1 unspecified atom stereocenters. The highest BCUT2D eigenvalue weighted by molar-refractivity contribution is 7.98. The van der Waals surface area contributed by atoms with Crippen LogP contribution in [0, 0.1) is 0 Å². The molecule has 118 valence electrons. The molecule has 0 radical (unpaired) electrons. The molecular formula is C16H22N4OS. The first-order valence-electron chi connectivity index (χ1n) is 7.27. The van der Waals surface area contributed by atoms with Crippen LogP contribution in [0.15, 0.2) is 36.7 Å². The van der Waals surface area contributed by atoms with E-state index >= 15 is 0 Å². The standard InChI is InChI=1S/C16H22N4OS/c1-4-22-11-12-6-5-7-14(8-12)19-16(21)15(17-2)13-9-18-20(3)10-13/h5-10,15,17H,4,11H2,1-3H3,(H,19,21). The SMILES string of the molecule is CCSCc1cccc(NC(=O)C(NC)c2cnn(C)c2)c1. The van der Waals surface area contributed by atoms with Crippen molar-refractivity contribution in [3.63, 3.8) is 0 Å². The van der Waals surface area contributed by atoms with E-state index in [0.29, 0.717) is 0 Å². The first kappa shape index (κ1) is 16.6. The number of aryl methyl sites for hydroxylation is 1. The quantitative estimate of drug-likeness (QED) is 0.824. The summed E-state index contributed by atoms with van der Waals surface area (Å²) in [5, 5.41) is 10.1. The fraction of sp³-hybridized carbons (Fsp3) is 0.375. The third-order valence-corrected chi connectivity index (χ3v) is 4.22. The van der Waals surface area contributed by atoms with Crippen molar-refractivity contribution in [1.82, 2.24) is 15.1 Å². The molecule has 22 heavy (non-hydrogen) atoms. The van der Waals surface area contributed by atoms with Gasteiger partial charge in [-0.2, -0.15) is 16.9 Å². The number of amides is 1. The average Bonchev–Trinajstić information content (AvgIpc) is 2.92. The zero-order chi connectivity index (χ0) is 15.9. The lowest BCUT2D eigenvalue weighted by Gasteiger charge is -2.15. The van der Waals surface area contributed by atoms with Gasteiger partial charge in [-0.05, 0) is 30.5 Å². The van der Waals surface area contributed by atoms with Crippen molar-refractivity contribution in [3.05, 3.63) is 47.8 Å². The van der Waals surface area contributed by atoms with Crippen molar-refractivity contribution < 1.29 is 4.79 Å². The third kappa shape index (κ3) is 4.35. The first-order valence-corrected chi connectivity index (χ1v) is 8.43. The second-order valence-electron chi connectivity index (χ2n) is 5.00. The monoisotopic (exact) mass is 318 g/mol. The van der Waals surface area contributed by atoms with Gasteiger partial charge in [-0.3, -0.25) is 9.48 Å². The van der Waals surface area contributed by atoms with Gasteiger partial charge in [0.15, 0.2) is 0 Å². The number of carbonyl (C=O) groups excluding carboxylic acids is 1. The van der Waals surface area contributed by atoms with Gasteiger partial charge in [0.25, 0.3) is 0 Å². The molecule has 1 heterocycles. The lowest BCUT2D eigenvalue weighted by molar-refractivity contribution is -0.118. The highest BCUT2D eigenvalue weighted by atomic mass is 32.2. The molecule has 2 rings (SSSR count). The molecular weight excluding hydrogens is 296 g/mol. The number of hydrogen-bond acceptors (Lipinski definition) is 4.